The van der Waals surface area contributed by atoms with Crippen molar-refractivity contribution in [1.29, 1.82) is 0 Å². The number of allylic oxidation sites excluding steroid dienone is 1. The zero-order chi connectivity index (χ0) is 19.7. The summed E-state index contributed by atoms with van der Waals surface area (Å²) in [5.41, 5.74) is 2.13. The summed E-state index contributed by atoms with van der Waals surface area (Å²) in [5, 5.41) is 0. The van der Waals surface area contributed by atoms with Gasteiger partial charge in [0, 0.05) is 18.9 Å². The van der Waals surface area contributed by atoms with Crippen molar-refractivity contribution < 1.29 is 9.15 Å². The van der Waals surface area contributed by atoms with Crippen LogP contribution in [0, 0.1) is 5.92 Å². The van der Waals surface area contributed by atoms with Gasteiger partial charge >= 0.3 is 0 Å². The molecular formula is C24H29N3O2. The van der Waals surface area contributed by atoms with Gasteiger partial charge in [0.1, 0.15) is 24.3 Å². The molecule has 3 aromatic rings. The number of oxazole rings is 1. The molecule has 1 aromatic carbocycles. The first-order chi connectivity index (χ1) is 14.3. The second-order valence-corrected chi connectivity index (χ2v) is 7.77. The van der Waals surface area contributed by atoms with Crippen LogP contribution in [0.15, 0.2) is 59.7 Å². The van der Waals surface area contributed by atoms with Gasteiger partial charge in [0.15, 0.2) is 0 Å². The Morgan fingerprint density at radius 1 is 1.14 bits per heavy atom. The molecule has 0 spiro atoms. The lowest BCUT2D eigenvalue weighted by Crippen LogP contribution is -2.02. The fourth-order valence-corrected chi connectivity index (χ4v) is 3.80. The van der Waals surface area contributed by atoms with Gasteiger partial charge in [-0.2, -0.15) is 0 Å². The molecule has 1 saturated carbocycles. The maximum atomic E-state index is 5.86. The van der Waals surface area contributed by atoms with E-state index in [4.69, 9.17) is 9.15 Å². The van der Waals surface area contributed by atoms with Crippen LogP contribution in [0.1, 0.15) is 55.7 Å². The molecule has 0 bridgehead atoms. The predicted molar refractivity (Wildman–Crippen MR) is 113 cm³/mol. The normalized spacial score (nSPS) is 15.2. The number of ether oxygens (including phenoxy) is 1. The molecule has 0 radical (unpaired) electrons. The lowest BCUT2D eigenvalue weighted by molar-refractivity contribution is 0.301. The van der Waals surface area contributed by atoms with Crippen molar-refractivity contribution in [3.63, 3.8) is 0 Å². The van der Waals surface area contributed by atoms with E-state index in [0.717, 1.165) is 30.8 Å². The highest BCUT2D eigenvalue weighted by molar-refractivity contribution is 5.38. The maximum Gasteiger partial charge on any atom is 0.218 e. The molecule has 0 unspecified atom stereocenters. The van der Waals surface area contributed by atoms with Crippen molar-refractivity contribution in [2.75, 3.05) is 0 Å². The van der Waals surface area contributed by atoms with E-state index >= 15 is 0 Å². The molecule has 0 atom stereocenters. The number of hydrogen-bond acceptors (Lipinski definition) is 4. The first-order valence-electron chi connectivity index (χ1n) is 10.7. The number of aryl methyl sites for hydroxylation is 2. The van der Waals surface area contributed by atoms with E-state index in [9.17, 15) is 0 Å². The van der Waals surface area contributed by atoms with Crippen molar-refractivity contribution in [3.05, 3.63) is 72.5 Å². The maximum absolute atomic E-state index is 5.86. The van der Waals surface area contributed by atoms with E-state index in [1.807, 2.05) is 36.9 Å². The number of imidazole rings is 1. The molecule has 29 heavy (non-hydrogen) atoms. The van der Waals surface area contributed by atoms with Crippen LogP contribution in [0.25, 0.3) is 6.08 Å². The molecule has 1 fully saturated rings. The van der Waals surface area contributed by atoms with E-state index < -0.39 is 0 Å². The monoisotopic (exact) mass is 391 g/mol. The van der Waals surface area contributed by atoms with Crippen molar-refractivity contribution in [1.82, 2.24) is 14.5 Å². The third kappa shape index (κ3) is 6.08. The molecule has 0 aliphatic heterocycles. The SMILES string of the molecule is C(=C\C1CCCCC1)/c1nc(COc2ccc(CCCn3ccnc3)cc2)co1. The molecule has 4 rings (SSSR count). The molecule has 5 heteroatoms. The molecule has 0 saturated heterocycles. The Bertz CT molecular complexity index is 875. The summed E-state index contributed by atoms with van der Waals surface area (Å²) in [6.45, 7) is 1.41. The quantitative estimate of drug-likeness (QED) is 0.471. The third-order valence-electron chi connectivity index (χ3n) is 5.48. The Morgan fingerprint density at radius 2 is 2.00 bits per heavy atom. The summed E-state index contributed by atoms with van der Waals surface area (Å²) < 4.78 is 13.5. The summed E-state index contributed by atoms with van der Waals surface area (Å²) in [6.07, 6.45) is 20.4. The number of rotatable bonds is 9. The lowest BCUT2D eigenvalue weighted by atomic mass is 9.89. The van der Waals surface area contributed by atoms with Crippen LogP contribution in [0.2, 0.25) is 0 Å². The van der Waals surface area contributed by atoms with Crippen LogP contribution in [0.4, 0.5) is 0 Å². The van der Waals surface area contributed by atoms with Crippen LogP contribution >= 0.6 is 0 Å². The second kappa shape index (κ2) is 10.1. The van der Waals surface area contributed by atoms with E-state index in [2.05, 4.69) is 32.7 Å². The van der Waals surface area contributed by atoms with Gasteiger partial charge in [-0.25, -0.2) is 9.97 Å². The zero-order valence-corrected chi connectivity index (χ0v) is 16.9. The van der Waals surface area contributed by atoms with Gasteiger partial charge in [-0.3, -0.25) is 0 Å². The first-order valence-corrected chi connectivity index (χ1v) is 10.7. The topological polar surface area (TPSA) is 53.1 Å². The Kier molecular flexibility index (Phi) is 6.79. The number of aromatic nitrogens is 3. The first kappa shape index (κ1) is 19.5. The summed E-state index contributed by atoms with van der Waals surface area (Å²) in [4.78, 5) is 8.58. The number of benzene rings is 1. The summed E-state index contributed by atoms with van der Waals surface area (Å²) in [5.74, 6) is 2.20. The van der Waals surface area contributed by atoms with Crippen molar-refractivity contribution in [2.24, 2.45) is 5.92 Å². The smallest absolute Gasteiger partial charge is 0.218 e. The van der Waals surface area contributed by atoms with Crippen LogP contribution < -0.4 is 4.74 Å². The number of nitrogens with zero attached hydrogens (tertiary/aromatic N) is 3. The lowest BCUT2D eigenvalue weighted by Gasteiger charge is -2.17. The van der Waals surface area contributed by atoms with Gasteiger partial charge < -0.3 is 13.7 Å². The van der Waals surface area contributed by atoms with Crippen molar-refractivity contribution >= 4 is 6.08 Å². The Balaban J connectivity index is 1.20. The van der Waals surface area contributed by atoms with Gasteiger partial charge in [0.2, 0.25) is 5.89 Å². The predicted octanol–water partition coefficient (Wildman–Crippen LogP) is 5.68. The highest BCUT2D eigenvalue weighted by atomic mass is 16.5. The van der Waals surface area contributed by atoms with Gasteiger partial charge in [0.05, 0.1) is 6.33 Å². The molecule has 2 aromatic heterocycles. The third-order valence-corrected chi connectivity index (χ3v) is 5.48. The fraction of sp³-hybridized carbons (Fsp3) is 0.417. The molecule has 0 N–H and O–H groups in total. The van der Waals surface area contributed by atoms with E-state index in [0.29, 0.717) is 18.4 Å². The van der Waals surface area contributed by atoms with E-state index in [1.54, 1.807) is 6.26 Å². The van der Waals surface area contributed by atoms with Crippen LogP contribution in [-0.4, -0.2) is 14.5 Å². The molecule has 152 valence electrons. The van der Waals surface area contributed by atoms with Gasteiger partial charge in [0.25, 0.3) is 0 Å². The molecule has 1 aliphatic carbocycles. The van der Waals surface area contributed by atoms with E-state index in [-0.39, 0.29) is 0 Å². The molecule has 5 nitrogen and oxygen atoms in total. The number of hydrogen-bond donors (Lipinski definition) is 0. The van der Waals surface area contributed by atoms with Crippen LogP contribution in [0.3, 0.4) is 0 Å². The highest BCUT2D eigenvalue weighted by Gasteiger charge is 2.10. The minimum absolute atomic E-state index is 0.417. The molecule has 2 heterocycles. The summed E-state index contributed by atoms with van der Waals surface area (Å²) in [7, 11) is 0. The van der Waals surface area contributed by atoms with Crippen LogP contribution in [0.5, 0.6) is 5.75 Å². The Morgan fingerprint density at radius 3 is 2.79 bits per heavy atom. The summed E-state index contributed by atoms with van der Waals surface area (Å²) in [6, 6.07) is 8.31. The van der Waals surface area contributed by atoms with Crippen molar-refractivity contribution in [3.8, 4) is 5.75 Å². The van der Waals surface area contributed by atoms with Crippen LogP contribution in [-0.2, 0) is 19.6 Å². The fourth-order valence-electron chi connectivity index (χ4n) is 3.80. The Labute approximate surface area is 172 Å². The van der Waals surface area contributed by atoms with Crippen molar-refractivity contribution in [2.45, 2.75) is 58.1 Å². The zero-order valence-electron chi connectivity index (χ0n) is 16.9. The second-order valence-electron chi connectivity index (χ2n) is 7.77. The molecule has 0 amide bonds. The average molecular weight is 392 g/mol. The van der Waals surface area contributed by atoms with Gasteiger partial charge in [-0.05, 0) is 55.4 Å². The summed E-state index contributed by atoms with van der Waals surface area (Å²) >= 11 is 0. The standard InChI is InChI=1S/C24H29N3O2/c1-2-5-20(6-3-1)10-13-24-26-22(18-29-24)17-28-23-11-8-21(9-12-23)7-4-15-27-16-14-25-19-27/h8-14,16,18-20H,1-7,15,17H2/b13-10+. The minimum Gasteiger partial charge on any atom is -0.487 e. The highest BCUT2D eigenvalue weighted by Crippen LogP contribution is 2.25. The van der Waals surface area contributed by atoms with Gasteiger partial charge in [-0.15, -0.1) is 0 Å². The minimum atomic E-state index is 0.417. The Hall–Kier alpha value is -2.82. The molecular weight excluding hydrogens is 362 g/mol. The largest absolute Gasteiger partial charge is 0.487 e. The molecule has 1 aliphatic rings. The van der Waals surface area contributed by atoms with E-state index in [1.165, 1.54) is 37.7 Å². The average Bonchev–Trinajstić information content (AvgIpc) is 3.45. The van der Waals surface area contributed by atoms with Gasteiger partial charge in [-0.1, -0.05) is 37.5 Å².